The average Bonchev–Trinajstić information content (AvgIpc) is 3.00. The third-order valence-corrected chi connectivity index (χ3v) is 4.18. The van der Waals surface area contributed by atoms with Crippen molar-refractivity contribution in [1.82, 2.24) is 15.3 Å². The first-order chi connectivity index (χ1) is 10.0. The quantitative estimate of drug-likeness (QED) is 0.890. The van der Waals surface area contributed by atoms with Gasteiger partial charge in [0, 0.05) is 17.8 Å². The monoisotopic (exact) mass is 304 g/mol. The Labute approximate surface area is 128 Å². The molecule has 0 radical (unpaired) electrons. The number of anilines is 1. The summed E-state index contributed by atoms with van der Waals surface area (Å²) < 4.78 is 0. The minimum absolute atomic E-state index is 0.0420. The highest BCUT2D eigenvalue weighted by Gasteiger charge is 2.18. The zero-order valence-corrected chi connectivity index (χ0v) is 13.5. The molecule has 0 bridgehead atoms. The summed E-state index contributed by atoms with van der Waals surface area (Å²) in [5.41, 5.74) is 1.02. The second-order valence-corrected chi connectivity index (χ2v) is 6.09. The van der Waals surface area contributed by atoms with Crippen molar-refractivity contribution in [1.29, 1.82) is 0 Å². The maximum absolute atomic E-state index is 12.5. The molecule has 5 nitrogen and oxygen atoms in total. The van der Waals surface area contributed by atoms with Crippen LogP contribution in [0.15, 0.2) is 23.7 Å². The molecule has 0 fully saturated rings. The summed E-state index contributed by atoms with van der Waals surface area (Å²) in [5, 5.41) is 7.95. The van der Waals surface area contributed by atoms with Gasteiger partial charge in [0.15, 0.2) is 5.69 Å². The molecule has 2 aromatic heterocycles. The highest BCUT2D eigenvalue weighted by molar-refractivity contribution is 7.10. The lowest BCUT2D eigenvalue weighted by Crippen LogP contribution is -2.28. The van der Waals surface area contributed by atoms with Crippen LogP contribution < -0.4 is 10.6 Å². The molecule has 0 aliphatic heterocycles. The van der Waals surface area contributed by atoms with E-state index in [2.05, 4.69) is 20.6 Å². The molecular weight excluding hydrogens is 284 g/mol. The topological polar surface area (TPSA) is 66.9 Å². The van der Waals surface area contributed by atoms with Crippen LogP contribution in [0.3, 0.4) is 0 Å². The van der Waals surface area contributed by atoms with Crippen molar-refractivity contribution in [3.05, 3.63) is 40.1 Å². The highest BCUT2D eigenvalue weighted by atomic mass is 32.1. The largest absolute Gasteiger partial charge is 0.385 e. The Morgan fingerprint density at radius 2 is 2.10 bits per heavy atom. The Bertz CT molecular complexity index is 610. The molecule has 6 heteroatoms. The molecule has 0 saturated carbocycles. The summed E-state index contributed by atoms with van der Waals surface area (Å²) >= 11 is 1.62. The van der Waals surface area contributed by atoms with Crippen LogP contribution in [0.4, 0.5) is 5.69 Å². The van der Waals surface area contributed by atoms with Crippen molar-refractivity contribution in [2.75, 3.05) is 12.4 Å². The van der Waals surface area contributed by atoms with E-state index in [-0.39, 0.29) is 17.9 Å². The third-order valence-electron chi connectivity index (χ3n) is 3.13. The van der Waals surface area contributed by atoms with Crippen molar-refractivity contribution in [2.45, 2.75) is 32.7 Å². The Hall–Kier alpha value is -1.95. The molecule has 0 aliphatic carbocycles. The summed E-state index contributed by atoms with van der Waals surface area (Å²) in [4.78, 5) is 22.3. The van der Waals surface area contributed by atoms with Crippen LogP contribution in [0.2, 0.25) is 0 Å². The summed E-state index contributed by atoms with van der Waals surface area (Å²) in [6.07, 6.45) is 1.66. The van der Waals surface area contributed by atoms with Crippen LogP contribution in [0.5, 0.6) is 0 Å². The van der Waals surface area contributed by atoms with E-state index in [1.54, 1.807) is 24.6 Å². The molecule has 2 heterocycles. The summed E-state index contributed by atoms with van der Waals surface area (Å²) in [6.45, 7) is 5.97. The Morgan fingerprint density at radius 3 is 2.67 bits per heavy atom. The predicted molar refractivity (Wildman–Crippen MR) is 85.9 cm³/mol. The van der Waals surface area contributed by atoms with E-state index < -0.39 is 0 Å². The zero-order valence-electron chi connectivity index (χ0n) is 12.7. The summed E-state index contributed by atoms with van der Waals surface area (Å²) in [5.74, 6) is 0.657. The van der Waals surface area contributed by atoms with Gasteiger partial charge in [0.2, 0.25) is 0 Å². The van der Waals surface area contributed by atoms with Gasteiger partial charge in [-0.05, 0) is 18.4 Å². The smallest absolute Gasteiger partial charge is 0.272 e. The number of thiophene rings is 1. The van der Waals surface area contributed by atoms with Gasteiger partial charge in [0.1, 0.15) is 5.82 Å². The van der Waals surface area contributed by atoms with E-state index in [4.69, 9.17) is 0 Å². The van der Waals surface area contributed by atoms with Crippen molar-refractivity contribution in [2.24, 2.45) is 0 Å². The fraction of sp³-hybridized carbons (Fsp3) is 0.400. The Balaban J connectivity index is 2.23. The van der Waals surface area contributed by atoms with Gasteiger partial charge in [-0.25, -0.2) is 9.97 Å². The van der Waals surface area contributed by atoms with Gasteiger partial charge in [-0.15, -0.1) is 11.3 Å². The van der Waals surface area contributed by atoms with E-state index in [9.17, 15) is 4.79 Å². The van der Waals surface area contributed by atoms with Gasteiger partial charge in [-0.2, -0.15) is 0 Å². The number of nitrogens with one attached hydrogen (secondary N) is 2. The maximum atomic E-state index is 12.5. The van der Waals surface area contributed by atoms with Crippen LogP contribution in [0.25, 0.3) is 0 Å². The molecule has 2 rings (SSSR count). The number of amides is 1. The standard InChI is InChI=1S/C15H20N4OS/c1-9(2)14-17-8-11(16-4)13(19-14)15(20)18-10(3)12-6-5-7-21-12/h5-10,16H,1-4H3,(H,18,20). The lowest BCUT2D eigenvalue weighted by atomic mass is 10.2. The second kappa shape index (κ2) is 6.67. The number of hydrogen-bond acceptors (Lipinski definition) is 5. The fourth-order valence-corrected chi connectivity index (χ4v) is 2.64. The molecule has 0 aliphatic rings. The molecule has 2 aromatic rings. The minimum Gasteiger partial charge on any atom is -0.385 e. The van der Waals surface area contributed by atoms with E-state index in [0.29, 0.717) is 17.2 Å². The van der Waals surface area contributed by atoms with E-state index in [1.807, 2.05) is 38.3 Å². The van der Waals surface area contributed by atoms with E-state index >= 15 is 0 Å². The Morgan fingerprint density at radius 1 is 1.33 bits per heavy atom. The number of nitrogens with zero attached hydrogens (tertiary/aromatic N) is 2. The number of carbonyl (C=O) groups is 1. The van der Waals surface area contributed by atoms with Gasteiger partial charge in [-0.3, -0.25) is 4.79 Å². The second-order valence-electron chi connectivity index (χ2n) is 5.11. The van der Waals surface area contributed by atoms with Crippen LogP contribution >= 0.6 is 11.3 Å². The van der Waals surface area contributed by atoms with Crippen molar-refractivity contribution in [3.8, 4) is 0 Å². The first-order valence-electron chi connectivity index (χ1n) is 6.92. The SMILES string of the molecule is CNc1cnc(C(C)C)nc1C(=O)NC(C)c1cccs1. The lowest BCUT2D eigenvalue weighted by Gasteiger charge is -2.15. The summed E-state index contributed by atoms with van der Waals surface area (Å²) in [6, 6.07) is 3.94. The van der Waals surface area contributed by atoms with E-state index in [1.165, 1.54) is 0 Å². The molecule has 1 unspecified atom stereocenters. The molecule has 1 atom stereocenters. The van der Waals surface area contributed by atoms with Crippen molar-refractivity contribution >= 4 is 22.9 Å². The first kappa shape index (κ1) is 15.4. The Kier molecular flexibility index (Phi) is 4.90. The number of aromatic nitrogens is 2. The lowest BCUT2D eigenvalue weighted by molar-refractivity contribution is 0.0936. The molecule has 0 aromatic carbocycles. The predicted octanol–water partition coefficient (Wildman–Crippen LogP) is 3.19. The van der Waals surface area contributed by atoms with Crippen LogP contribution in [-0.2, 0) is 0 Å². The molecule has 0 spiro atoms. The average molecular weight is 304 g/mol. The normalized spacial score (nSPS) is 12.2. The minimum atomic E-state index is -0.190. The van der Waals surface area contributed by atoms with Gasteiger partial charge in [0.05, 0.1) is 17.9 Å². The zero-order chi connectivity index (χ0) is 15.4. The van der Waals surface area contributed by atoms with Crippen molar-refractivity contribution < 1.29 is 4.79 Å². The van der Waals surface area contributed by atoms with Gasteiger partial charge >= 0.3 is 0 Å². The first-order valence-corrected chi connectivity index (χ1v) is 7.79. The molecule has 112 valence electrons. The van der Waals surface area contributed by atoms with Gasteiger partial charge < -0.3 is 10.6 Å². The van der Waals surface area contributed by atoms with Crippen molar-refractivity contribution in [3.63, 3.8) is 0 Å². The molecular formula is C15H20N4OS. The molecule has 1 amide bonds. The number of hydrogen-bond donors (Lipinski definition) is 2. The van der Waals surface area contributed by atoms with Crippen LogP contribution in [-0.4, -0.2) is 22.9 Å². The maximum Gasteiger partial charge on any atom is 0.272 e. The van der Waals surface area contributed by atoms with Gasteiger partial charge in [-0.1, -0.05) is 19.9 Å². The molecule has 0 saturated heterocycles. The van der Waals surface area contributed by atoms with Crippen LogP contribution in [0, 0.1) is 0 Å². The third kappa shape index (κ3) is 3.58. The number of rotatable bonds is 5. The fourth-order valence-electron chi connectivity index (χ4n) is 1.90. The van der Waals surface area contributed by atoms with Crippen LogP contribution in [0.1, 0.15) is 53.9 Å². The van der Waals surface area contributed by atoms with Gasteiger partial charge in [0.25, 0.3) is 5.91 Å². The summed E-state index contributed by atoms with van der Waals surface area (Å²) in [7, 11) is 1.76. The van der Waals surface area contributed by atoms with E-state index in [0.717, 1.165) is 4.88 Å². The number of carbonyl (C=O) groups excluding carboxylic acids is 1. The molecule has 2 N–H and O–H groups in total. The highest BCUT2D eigenvalue weighted by Crippen LogP contribution is 2.20. The molecule has 21 heavy (non-hydrogen) atoms.